The summed E-state index contributed by atoms with van der Waals surface area (Å²) >= 11 is 0. The highest BCUT2D eigenvalue weighted by Crippen LogP contribution is 2.50. The number of phenolic OH excluding ortho intramolecular Hbond substituents is 1. The van der Waals surface area contributed by atoms with E-state index >= 15 is 0 Å². The molecule has 4 nitrogen and oxygen atoms in total. The van der Waals surface area contributed by atoms with Gasteiger partial charge in [-0.15, -0.1) is 0 Å². The number of unbranched alkanes of at least 4 members (excludes halogenated alkanes) is 21. The molecule has 4 aromatic rings. The first kappa shape index (κ1) is 46.8. The van der Waals surface area contributed by atoms with Crippen LogP contribution in [0.25, 0.3) is 0 Å². The average Bonchev–Trinajstić information content (AvgIpc) is 3.24. The van der Waals surface area contributed by atoms with Gasteiger partial charge >= 0.3 is 0 Å². The molecule has 0 aromatic heterocycles. The molecule has 4 heteroatoms. The van der Waals surface area contributed by atoms with Gasteiger partial charge in [0.25, 0.3) is 0 Å². The molecule has 0 spiro atoms. The third-order valence-corrected chi connectivity index (χ3v) is 11.5. The van der Waals surface area contributed by atoms with Gasteiger partial charge in [-0.1, -0.05) is 210 Å². The van der Waals surface area contributed by atoms with Crippen LogP contribution in [0.3, 0.4) is 0 Å². The SMILES string of the molecule is CCCCCCCCCCc1ccccc1Oc1ccc(O)c(Oc2ccccc2CCCCCCCCCC)c1Oc1ccccc1CCCCCCCCCC. The second-order valence-electron chi connectivity index (χ2n) is 16.5. The molecular weight excluding hydrogens is 713 g/mol. The van der Waals surface area contributed by atoms with Crippen molar-refractivity contribution in [2.24, 2.45) is 0 Å². The lowest BCUT2D eigenvalue weighted by Gasteiger charge is -2.20. The van der Waals surface area contributed by atoms with Gasteiger partial charge in [0.2, 0.25) is 11.5 Å². The first-order valence-electron chi connectivity index (χ1n) is 23.8. The van der Waals surface area contributed by atoms with Crippen molar-refractivity contribution in [2.45, 2.75) is 194 Å². The molecule has 4 aromatic carbocycles. The topological polar surface area (TPSA) is 47.9 Å². The number of aryl methyl sites for hydroxylation is 3. The van der Waals surface area contributed by atoms with E-state index in [2.05, 4.69) is 57.2 Å². The van der Waals surface area contributed by atoms with Crippen molar-refractivity contribution in [1.29, 1.82) is 0 Å². The monoisotopic (exact) mass is 791 g/mol. The quantitative estimate of drug-likeness (QED) is 0.0488. The maximum atomic E-state index is 11.5. The van der Waals surface area contributed by atoms with Crippen LogP contribution in [0.1, 0.15) is 192 Å². The van der Waals surface area contributed by atoms with Gasteiger partial charge in [0.1, 0.15) is 17.2 Å². The lowest BCUT2D eigenvalue weighted by atomic mass is 10.0. The first-order chi connectivity index (χ1) is 28.6. The van der Waals surface area contributed by atoms with Gasteiger partial charge in [0.15, 0.2) is 11.5 Å². The molecule has 0 unspecified atom stereocenters. The summed E-state index contributed by atoms with van der Waals surface area (Å²) in [6, 6.07) is 28.4. The summed E-state index contributed by atoms with van der Waals surface area (Å²) in [5.41, 5.74) is 3.47. The van der Waals surface area contributed by atoms with E-state index in [1.165, 1.54) is 140 Å². The van der Waals surface area contributed by atoms with E-state index in [0.717, 1.165) is 66.9 Å². The molecule has 0 fully saturated rings. The van der Waals surface area contributed by atoms with Crippen molar-refractivity contribution in [3.63, 3.8) is 0 Å². The highest BCUT2D eigenvalue weighted by molar-refractivity contribution is 5.62. The van der Waals surface area contributed by atoms with Crippen LogP contribution in [0.4, 0.5) is 0 Å². The summed E-state index contributed by atoms with van der Waals surface area (Å²) in [6.07, 6.45) is 33.5. The van der Waals surface area contributed by atoms with Gasteiger partial charge < -0.3 is 19.3 Å². The normalized spacial score (nSPS) is 11.2. The highest BCUT2D eigenvalue weighted by atomic mass is 16.5. The van der Waals surface area contributed by atoms with Crippen molar-refractivity contribution >= 4 is 0 Å². The molecule has 0 radical (unpaired) electrons. The van der Waals surface area contributed by atoms with Crippen LogP contribution >= 0.6 is 0 Å². The van der Waals surface area contributed by atoms with Gasteiger partial charge in [0, 0.05) is 0 Å². The smallest absolute Gasteiger partial charge is 0.216 e. The van der Waals surface area contributed by atoms with E-state index < -0.39 is 0 Å². The molecule has 4 rings (SSSR count). The Bertz CT molecular complexity index is 1660. The molecule has 0 aliphatic heterocycles. The minimum absolute atomic E-state index is 0.0250. The van der Waals surface area contributed by atoms with E-state index in [1.807, 2.05) is 42.5 Å². The summed E-state index contributed by atoms with van der Waals surface area (Å²) in [6.45, 7) is 6.82. The third kappa shape index (κ3) is 17.5. The Morgan fingerprint density at radius 3 is 1.00 bits per heavy atom. The van der Waals surface area contributed by atoms with Crippen LogP contribution in [0.15, 0.2) is 84.9 Å². The van der Waals surface area contributed by atoms with Gasteiger partial charge in [0.05, 0.1) is 0 Å². The minimum Gasteiger partial charge on any atom is -0.504 e. The Labute approximate surface area is 354 Å². The number of ether oxygens (including phenoxy) is 3. The molecule has 0 atom stereocenters. The molecule has 0 heterocycles. The zero-order valence-corrected chi connectivity index (χ0v) is 36.8. The van der Waals surface area contributed by atoms with Crippen LogP contribution in [0.5, 0.6) is 40.2 Å². The van der Waals surface area contributed by atoms with Gasteiger partial charge in [-0.25, -0.2) is 0 Å². The molecule has 0 amide bonds. The summed E-state index contributed by atoms with van der Waals surface area (Å²) in [4.78, 5) is 0. The fraction of sp³-hybridized carbons (Fsp3) is 0.556. The number of rotatable bonds is 33. The van der Waals surface area contributed by atoms with Crippen molar-refractivity contribution in [1.82, 2.24) is 0 Å². The number of phenols is 1. The maximum absolute atomic E-state index is 11.5. The molecule has 0 aliphatic carbocycles. The Balaban J connectivity index is 1.55. The molecule has 0 aliphatic rings. The van der Waals surface area contributed by atoms with Crippen LogP contribution in [0, 0.1) is 0 Å². The zero-order chi connectivity index (χ0) is 40.9. The Morgan fingerprint density at radius 2 is 0.621 bits per heavy atom. The lowest BCUT2D eigenvalue weighted by molar-refractivity contribution is 0.358. The van der Waals surface area contributed by atoms with Crippen LogP contribution < -0.4 is 14.2 Å². The molecule has 0 saturated heterocycles. The van der Waals surface area contributed by atoms with E-state index in [0.29, 0.717) is 11.5 Å². The number of hydrogen-bond acceptors (Lipinski definition) is 4. The number of aromatic hydroxyl groups is 1. The largest absolute Gasteiger partial charge is 0.504 e. The number of benzene rings is 4. The Hall–Kier alpha value is -3.92. The van der Waals surface area contributed by atoms with Crippen LogP contribution in [-0.4, -0.2) is 5.11 Å². The van der Waals surface area contributed by atoms with Crippen LogP contribution in [-0.2, 0) is 19.3 Å². The number of hydrogen-bond donors (Lipinski definition) is 1. The molecule has 0 bridgehead atoms. The van der Waals surface area contributed by atoms with E-state index in [1.54, 1.807) is 6.07 Å². The first-order valence-corrected chi connectivity index (χ1v) is 23.8. The molecular formula is C54H78O4. The van der Waals surface area contributed by atoms with Crippen LogP contribution in [0.2, 0.25) is 0 Å². The van der Waals surface area contributed by atoms with Crippen molar-refractivity contribution < 1.29 is 19.3 Å². The molecule has 0 saturated carbocycles. The van der Waals surface area contributed by atoms with E-state index in [-0.39, 0.29) is 11.5 Å². The van der Waals surface area contributed by atoms with Crippen molar-refractivity contribution in [2.75, 3.05) is 0 Å². The predicted molar refractivity (Wildman–Crippen MR) is 247 cm³/mol. The van der Waals surface area contributed by atoms with E-state index in [4.69, 9.17) is 14.2 Å². The van der Waals surface area contributed by atoms with Gasteiger partial charge in [-0.3, -0.25) is 0 Å². The highest BCUT2D eigenvalue weighted by Gasteiger charge is 2.23. The molecule has 1 N–H and O–H groups in total. The standard InChI is InChI=1S/C54H78O4/c1-4-7-10-13-16-19-22-25-34-45-37-28-31-40-49(45)56-52-44-43-48(55)53(57-50-41-32-29-38-46(50)35-26-23-20-17-14-11-8-5-2)54(52)58-51-42-33-30-39-47(51)36-27-24-21-18-15-12-9-6-3/h28-33,37-44,55H,4-27,34-36H2,1-3H3. The summed E-state index contributed by atoms with van der Waals surface area (Å²) in [5.74, 6) is 3.55. The lowest BCUT2D eigenvalue weighted by Crippen LogP contribution is -2.00. The molecule has 58 heavy (non-hydrogen) atoms. The molecule has 318 valence electrons. The average molecular weight is 791 g/mol. The summed E-state index contributed by atoms with van der Waals surface area (Å²) in [7, 11) is 0. The summed E-state index contributed by atoms with van der Waals surface area (Å²) in [5, 5.41) is 11.5. The zero-order valence-electron chi connectivity index (χ0n) is 36.8. The van der Waals surface area contributed by atoms with Crippen molar-refractivity contribution in [3.8, 4) is 40.2 Å². The Morgan fingerprint density at radius 1 is 0.310 bits per heavy atom. The van der Waals surface area contributed by atoms with Gasteiger partial charge in [-0.2, -0.15) is 0 Å². The second-order valence-corrected chi connectivity index (χ2v) is 16.5. The fourth-order valence-corrected chi connectivity index (χ4v) is 7.93. The van der Waals surface area contributed by atoms with Crippen molar-refractivity contribution in [3.05, 3.63) is 102 Å². The third-order valence-electron chi connectivity index (χ3n) is 11.5. The number of para-hydroxylation sites is 3. The maximum Gasteiger partial charge on any atom is 0.216 e. The van der Waals surface area contributed by atoms with E-state index in [9.17, 15) is 5.11 Å². The predicted octanol–water partition coefficient (Wildman–Crippen LogP) is 17.8. The Kier molecular flexibility index (Phi) is 23.6. The second kappa shape index (κ2) is 29.3. The summed E-state index contributed by atoms with van der Waals surface area (Å²) < 4.78 is 20.4. The fourth-order valence-electron chi connectivity index (χ4n) is 7.93. The minimum atomic E-state index is 0.0250. The van der Waals surface area contributed by atoms with Gasteiger partial charge in [-0.05, 0) is 85.5 Å².